The van der Waals surface area contributed by atoms with Crippen molar-refractivity contribution in [2.45, 2.75) is 25.3 Å². The van der Waals surface area contributed by atoms with Crippen LogP contribution in [0.1, 0.15) is 30.0 Å². The van der Waals surface area contributed by atoms with Gasteiger partial charge in [-0.1, -0.05) is 6.07 Å². The highest BCUT2D eigenvalue weighted by Crippen LogP contribution is 2.28. The molecular formula is C22H27N5O3. The van der Waals surface area contributed by atoms with E-state index < -0.39 is 6.09 Å². The number of hydrogen-bond acceptors (Lipinski definition) is 5. The summed E-state index contributed by atoms with van der Waals surface area (Å²) in [5.41, 5.74) is 9.19. The van der Waals surface area contributed by atoms with E-state index in [2.05, 4.69) is 32.3 Å². The number of aliphatic imine (C=N–C) groups is 1. The van der Waals surface area contributed by atoms with Gasteiger partial charge in [0.1, 0.15) is 11.6 Å². The molecule has 0 aliphatic carbocycles. The summed E-state index contributed by atoms with van der Waals surface area (Å²) in [5, 5.41) is 12.1. The molecule has 4 rings (SSSR count). The molecule has 8 nitrogen and oxygen atoms in total. The minimum atomic E-state index is -1.28. The fourth-order valence-electron chi connectivity index (χ4n) is 4.20. The molecule has 1 atom stereocenters. The number of amidine groups is 1. The maximum atomic E-state index is 10.8. The number of carbonyl (C=O) groups is 1. The van der Waals surface area contributed by atoms with E-state index in [1.54, 1.807) is 0 Å². The lowest BCUT2D eigenvalue weighted by atomic mass is 9.93. The van der Waals surface area contributed by atoms with Crippen molar-refractivity contribution in [2.75, 3.05) is 31.1 Å². The molecule has 1 saturated heterocycles. The van der Waals surface area contributed by atoms with Gasteiger partial charge in [-0.2, -0.15) is 4.99 Å². The molecule has 2 aromatic rings. The summed E-state index contributed by atoms with van der Waals surface area (Å²) in [6.45, 7) is 3.47. The second-order valence-corrected chi connectivity index (χ2v) is 7.76. The van der Waals surface area contributed by atoms with Crippen LogP contribution in [0, 0.1) is 5.92 Å². The van der Waals surface area contributed by atoms with E-state index in [1.807, 2.05) is 30.6 Å². The number of rotatable bonds is 5. The normalized spacial score (nSPS) is 19.9. The van der Waals surface area contributed by atoms with Crippen molar-refractivity contribution in [3.8, 4) is 5.75 Å². The van der Waals surface area contributed by atoms with Gasteiger partial charge in [-0.05, 0) is 60.6 Å². The number of ether oxygens (including phenoxy) is 1. The molecule has 2 aliphatic heterocycles. The summed E-state index contributed by atoms with van der Waals surface area (Å²) >= 11 is 0. The molecule has 2 aliphatic rings. The van der Waals surface area contributed by atoms with E-state index in [0.29, 0.717) is 19.1 Å². The first-order valence-electron chi connectivity index (χ1n) is 10.3. The number of hydrogen-bond donors (Lipinski definition) is 3. The zero-order chi connectivity index (χ0) is 20.9. The number of pyridine rings is 1. The quantitative estimate of drug-likeness (QED) is 0.514. The number of carboxylic acid groups (broad SMARTS) is 1. The van der Waals surface area contributed by atoms with Crippen LogP contribution in [0.5, 0.6) is 5.75 Å². The number of aromatic nitrogens is 1. The average Bonchev–Trinajstić information content (AvgIpc) is 2.77. The molecule has 30 heavy (non-hydrogen) atoms. The minimum absolute atomic E-state index is 0.0677. The van der Waals surface area contributed by atoms with Crippen LogP contribution >= 0.6 is 0 Å². The molecule has 1 aromatic carbocycles. The third kappa shape index (κ3) is 4.71. The summed E-state index contributed by atoms with van der Waals surface area (Å²) in [5.74, 6) is 1.45. The molecular weight excluding hydrogens is 382 g/mol. The number of piperidine rings is 1. The molecule has 0 spiro atoms. The smallest absolute Gasteiger partial charge is 0.432 e. The zero-order valence-electron chi connectivity index (χ0n) is 16.8. The van der Waals surface area contributed by atoms with Crippen LogP contribution in [0.2, 0.25) is 0 Å². The lowest BCUT2D eigenvalue weighted by Gasteiger charge is -2.33. The Morgan fingerprint density at radius 1 is 1.27 bits per heavy atom. The van der Waals surface area contributed by atoms with E-state index in [0.717, 1.165) is 49.2 Å². The molecule has 0 radical (unpaired) electrons. The van der Waals surface area contributed by atoms with Gasteiger partial charge in [0.25, 0.3) is 0 Å². The summed E-state index contributed by atoms with van der Waals surface area (Å²) in [7, 11) is 0. The van der Waals surface area contributed by atoms with Crippen LogP contribution in [0.4, 0.5) is 10.5 Å². The monoisotopic (exact) mass is 409 g/mol. The summed E-state index contributed by atoms with van der Waals surface area (Å²) in [4.78, 5) is 20.8. The van der Waals surface area contributed by atoms with Gasteiger partial charge in [-0.25, -0.2) is 4.79 Å². The van der Waals surface area contributed by atoms with Gasteiger partial charge in [0.15, 0.2) is 0 Å². The molecule has 0 saturated carbocycles. The highest BCUT2D eigenvalue weighted by Gasteiger charge is 2.24. The highest BCUT2D eigenvalue weighted by molar-refractivity contribution is 5.94. The SMILES string of the molecule is NC(=NC(=O)O)C1NCCc2cc(OCC3CCN(c4ccncc4)CC3)ccc21. The van der Waals surface area contributed by atoms with E-state index in [4.69, 9.17) is 15.6 Å². The number of nitrogens with two attached hydrogens (primary N) is 1. The van der Waals surface area contributed by atoms with Gasteiger partial charge in [-0.3, -0.25) is 4.98 Å². The zero-order valence-corrected chi connectivity index (χ0v) is 16.8. The molecule has 158 valence electrons. The molecule has 0 bridgehead atoms. The fraction of sp³-hybridized carbons (Fsp3) is 0.409. The van der Waals surface area contributed by atoms with Gasteiger partial charge in [0.05, 0.1) is 12.6 Å². The predicted octanol–water partition coefficient (Wildman–Crippen LogP) is 2.60. The number of anilines is 1. The number of benzene rings is 1. The number of nitrogens with one attached hydrogen (secondary N) is 1. The van der Waals surface area contributed by atoms with Crippen LogP contribution < -0.4 is 20.7 Å². The first kappa shape index (κ1) is 20.2. The Balaban J connectivity index is 1.34. The van der Waals surface area contributed by atoms with Crippen LogP contribution in [0.3, 0.4) is 0 Å². The van der Waals surface area contributed by atoms with Crippen LogP contribution in [-0.2, 0) is 6.42 Å². The van der Waals surface area contributed by atoms with Gasteiger partial charge in [-0.15, -0.1) is 0 Å². The van der Waals surface area contributed by atoms with Crippen molar-refractivity contribution >= 4 is 17.6 Å². The number of nitrogens with zero attached hydrogens (tertiary/aromatic N) is 3. The number of amides is 1. The Labute approximate surface area is 175 Å². The topological polar surface area (TPSA) is 113 Å². The van der Waals surface area contributed by atoms with Crippen molar-refractivity contribution in [1.29, 1.82) is 0 Å². The van der Waals surface area contributed by atoms with Gasteiger partial charge >= 0.3 is 6.09 Å². The third-order valence-electron chi connectivity index (χ3n) is 5.82. The van der Waals surface area contributed by atoms with E-state index >= 15 is 0 Å². The largest absolute Gasteiger partial charge is 0.493 e. The standard InChI is InChI=1S/C22H27N5O3/c23-21(26-22(28)29)20-19-2-1-18(13-16(19)3-10-25-20)30-14-15-6-11-27(12-7-15)17-4-8-24-9-5-17/h1-2,4-5,8-9,13,15,20,25H,3,6-7,10-12,14H2,(H2,23,26)(H,28,29). The molecule has 1 unspecified atom stereocenters. The fourth-order valence-corrected chi connectivity index (χ4v) is 4.20. The first-order valence-corrected chi connectivity index (χ1v) is 10.3. The maximum absolute atomic E-state index is 10.8. The number of fused-ring (bicyclic) bond motifs is 1. The van der Waals surface area contributed by atoms with Gasteiger partial charge in [0.2, 0.25) is 0 Å². The van der Waals surface area contributed by atoms with Gasteiger partial charge in [0, 0.05) is 37.7 Å². The Morgan fingerprint density at radius 3 is 2.77 bits per heavy atom. The third-order valence-corrected chi connectivity index (χ3v) is 5.82. The van der Waals surface area contributed by atoms with Crippen molar-refractivity contribution in [2.24, 2.45) is 16.6 Å². The van der Waals surface area contributed by atoms with Crippen molar-refractivity contribution < 1.29 is 14.6 Å². The molecule has 1 fully saturated rings. The maximum Gasteiger partial charge on any atom is 0.432 e. The summed E-state index contributed by atoms with van der Waals surface area (Å²) < 4.78 is 6.11. The average molecular weight is 409 g/mol. The van der Waals surface area contributed by atoms with E-state index in [1.165, 1.54) is 5.69 Å². The Bertz CT molecular complexity index is 910. The molecule has 1 amide bonds. The van der Waals surface area contributed by atoms with Crippen molar-refractivity contribution in [3.63, 3.8) is 0 Å². The predicted molar refractivity (Wildman–Crippen MR) is 115 cm³/mol. The summed E-state index contributed by atoms with van der Waals surface area (Å²) in [6, 6.07) is 9.66. The van der Waals surface area contributed by atoms with E-state index in [9.17, 15) is 4.79 Å². The van der Waals surface area contributed by atoms with Crippen molar-refractivity contribution in [3.05, 3.63) is 53.9 Å². The summed E-state index contributed by atoms with van der Waals surface area (Å²) in [6.07, 6.45) is 5.43. The molecule has 8 heteroatoms. The Hall–Kier alpha value is -3.13. The molecule has 4 N–H and O–H groups in total. The van der Waals surface area contributed by atoms with Crippen LogP contribution in [-0.4, -0.2) is 48.3 Å². The molecule has 3 heterocycles. The lowest BCUT2D eigenvalue weighted by Crippen LogP contribution is -2.39. The van der Waals surface area contributed by atoms with Crippen LogP contribution in [0.25, 0.3) is 0 Å². The minimum Gasteiger partial charge on any atom is -0.493 e. The Kier molecular flexibility index (Phi) is 6.13. The van der Waals surface area contributed by atoms with Crippen LogP contribution in [0.15, 0.2) is 47.7 Å². The lowest BCUT2D eigenvalue weighted by molar-refractivity contribution is 0.205. The molecule has 1 aromatic heterocycles. The Morgan fingerprint density at radius 2 is 2.03 bits per heavy atom. The van der Waals surface area contributed by atoms with Gasteiger partial charge < -0.3 is 25.8 Å². The second-order valence-electron chi connectivity index (χ2n) is 7.76. The highest BCUT2D eigenvalue weighted by atomic mass is 16.5. The van der Waals surface area contributed by atoms with Crippen molar-refractivity contribution in [1.82, 2.24) is 10.3 Å². The second kappa shape index (κ2) is 9.13. The first-order chi connectivity index (χ1) is 14.6. The van der Waals surface area contributed by atoms with E-state index in [-0.39, 0.29) is 11.9 Å².